The van der Waals surface area contributed by atoms with E-state index in [0.717, 1.165) is 31.5 Å². The SMILES string of the molecule is COc1ccc(C(C)(O)C2CCCNC2)cc1Cl. The third-order valence-electron chi connectivity index (χ3n) is 3.83. The highest BCUT2D eigenvalue weighted by atomic mass is 35.5. The van der Waals surface area contributed by atoms with Gasteiger partial charge in [0.05, 0.1) is 17.7 Å². The van der Waals surface area contributed by atoms with Gasteiger partial charge in [0.1, 0.15) is 5.75 Å². The fourth-order valence-corrected chi connectivity index (χ4v) is 2.81. The molecule has 100 valence electrons. The first kappa shape index (κ1) is 13.7. The predicted octanol–water partition coefficient (Wildman–Crippen LogP) is 2.56. The maximum absolute atomic E-state index is 10.8. The average molecular weight is 270 g/mol. The van der Waals surface area contributed by atoms with E-state index in [9.17, 15) is 5.11 Å². The second-order valence-corrected chi connectivity index (χ2v) is 5.45. The molecule has 1 fully saturated rings. The van der Waals surface area contributed by atoms with E-state index in [1.165, 1.54) is 0 Å². The lowest BCUT2D eigenvalue weighted by atomic mass is 9.79. The lowest BCUT2D eigenvalue weighted by Gasteiger charge is -2.36. The quantitative estimate of drug-likeness (QED) is 0.886. The Hall–Kier alpha value is -0.770. The fourth-order valence-electron chi connectivity index (χ4n) is 2.55. The zero-order chi connectivity index (χ0) is 13.2. The summed E-state index contributed by atoms with van der Waals surface area (Å²) in [4.78, 5) is 0. The molecule has 1 aliphatic rings. The molecule has 4 heteroatoms. The molecule has 2 atom stereocenters. The van der Waals surface area contributed by atoms with Gasteiger partial charge in [-0.05, 0) is 44.0 Å². The first-order valence-electron chi connectivity index (χ1n) is 6.33. The van der Waals surface area contributed by atoms with E-state index in [-0.39, 0.29) is 5.92 Å². The number of nitrogens with one attached hydrogen (secondary N) is 1. The molecule has 0 amide bonds. The van der Waals surface area contributed by atoms with E-state index in [0.29, 0.717) is 10.8 Å². The van der Waals surface area contributed by atoms with Crippen LogP contribution in [-0.2, 0) is 5.60 Å². The van der Waals surface area contributed by atoms with Crippen molar-refractivity contribution in [3.8, 4) is 5.75 Å². The minimum atomic E-state index is -0.858. The van der Waals surface area contributed by atoms with Crippen molar-refractivity contribution in [1.29, 1.82) is 0 Å². The van der Waals surface area contributed by atoms with Gasteiger partial charge in [-0.25, -0.2) is 0 Å². The molecule has 2 rings (SSSR count). The molecule has 18 heavy (non-hydrogen) atoms. The fraction of sp³-hybridized carbons (Fsp3) is 0.571. The van der Waals surface area contributed by atoms with Crippen LogP contribution in [0, 0.1) is 5.92 Å². The van der Waals surface area contributed by atoms with Crippen LogP contribution in [0.15, 0.2) is 18.2 Å². The molecule has 1 aliphatic heterocycles. The Morgan fingerprint density at radius 2 is 2.28 bits per heavy atom. The Kier molecular flexibility index (Phi) is 4.15. The van der Waals surface area contributed by atoms with Crippen molar-refractivity contribution in [2.75, 3.05) is 20.2 Å². The van der Waals surface area contributed by atoms with Crippen molar-refractivity contribution >= 4 is 11.6 Å². The minimum Gasteiger partial charge on any atom is -0.495 e. The summed E-state index contributed by atoms with van der Waals surface area (Å²) in [6.07, 6.45) is 2.13. The van der Waals surface area contributed by atoms with Crippen LogP contribution >= 0.6 is 11.6 Å². The van der Waals surface area contributed by atoms with Crippen molar-refractivity contribution < 1.29 is 9.84 Å². The van der Waals surface area contributed by atoms with Gasteiger partial charge in [0.25, 0.3) is 0 Å². The first-order valence-corrected chi connectivity index (χ1v) is 6.70. The van der Waals surface area contributed by atoms with Gasteiger partial charge in [-0.1, -0.05) is 17.7 Å². The maximum atomic E-state index is 10.8. The number of hydrogen-bond donors (Lipinski definition) is 2. The third-order valence-corrected chi connectivity index (χ3v) is 4.12. The standard InChI is InChI=1S/C14H20ClNO2/c1-14(17,11-4-3-7-16-9-11)10-5-6-13(18-2)12(15)8-10/h5-6,8,11,16-17H,3-4,7,9H2,1-2H3. The molecule has 1 heterocycles. The van der Waals surface area contributed by atoms with E-state index in [2.05, 4.69) is 5.32 Å². The van der Waals surface area contributed by atoms with Crippen molar-refractivity contribution in [2.45, 2.75) is 25.4 Å². The van der Waals surface area contributed by atoms with Crippen LogP contribution < -0.4 is 10.1 Å². The zero-order valence-electron chi connectivity index (χ0n) is 10.9. The van der Waals surface area contributed by atoms with Crippen molar-refractivity contribution in [3.05, 3.63) is 28.8 Å². The summed E-state index contributed by atoms with van der Waals surface area (Å²) in [5, 5.41) is 14.6. The van der Waals surface area contributed by atoms with Crippen molar-refractivity contribution in [2.24, 2.45) is 5.92 Å². The molecular weight excluding hydrogens is 250 g/mol. The lowest BCUT2D eigenvalue weighted by molar-refractivity contribution is -0.0156. The number of methoxy groups -OCH3 is 1. The molecule has 0 saturated carbocycles. The number of rotatable bonds is 3. The van der Waals surface area contributed by atoms with E-state index in [4.69, 9.17) is 16.3 Å². The van der Waals surface area contributed by atoms with E-state index in [1.54, 1.807) is 13.2 Å². The van der Waals surface area contributed by atoms with E-state index < -0.39 is 5.60 Å². The van der Waals surface area contributed by atoms with Gasteiger partial charge in [0.2, 0.25) is 0 Å². The van der Waals surface area contributed by atoms with Crippen LogP contribution in [0.4, 0.5) is 0 Å². The number of halogens is 1. The first-order chi connectivity index (χ1) is 8.55. The lowest BCUT2D eigenvalue weighted by Crippen LogP contribution is -2.42. The minimum absolute atomic E-state index is 0.218. The Labute approximate surface area is 113 Å². The molecule has 1 aromatic rings. The summed E-state index contributed by atoms with van der Waals surface area (Å²) in [7, 11) is 1.59. The molecule has 0 radical (unpaired) electrons. The van der Waals surface area contributed by atoms with Gasteiger partial charge in [-0.2, -0.15) is 0 Å². The molecule has 0 aliphatic carbocycles. The van der Waals surface area contributed by atoms with E-state index in [1.807, 2.05) is 19.1 Å². The molecule has 0 aromatic heterocycles. The molecule has 3 nitrogen and oxygen atoms in total. The summed E-state index contributed by atoms with van der Waals surface area (Å²) in [6, 6.07) is 5.50. The Balaban J connectivity index is 2.25. The summed E-state index contributed by atoms with van der Waals surface area (Å²) < 4.78 is 5.13. The highest BCUT2D eigenvalue weighted by Gasteiger charge is 2.34. The van der Waals surface area contributed by atoms with Gasteiger partial charge < -0.3 is 15.2 Å². The summed E-state index contributed by atoms with van der Waals surface area (Å²) in [5.41, 5.74) is -0.00873. The van der Waals surface area contributed by atoms with Gasteiger partial charge >= 0.3 is 0 Å². The van der Waals surface area contributed by atoms with Crippen LogP contribution in [0.3, 0.4) is 0 Å². The number of piperidine rings is 1. The molecule has 2 N–H and O–H groups in total. The number of benzene rings is 1. The highest BCUT2D eigenvalue weighted by molar-refractivity contribution is 6.32. The predicted molar refractivity (Wildman–Crippen MR) is 73.2 cm³/mol. The second-order valence-electron chi connectivity index (χ2n) is 5.04. The third kappa shape index (κ3) is 2.63. The summed E-state index contributed by atoms with van der Waals surface area (Å²) in [5.74, 6) is 0.855. The van der Waals surface area contributed by atoms with Crippen LogP contribution in [0.5, 0.6) is 5.75 Å². The normalized spacial score (nSPS) is 23.4. The molecule has 2 unspecified atom stereocenters. The van der Waals surface area contributed by atoms with Crippen molar-refractivity contribution in [1.82, 2.24) is 5.32 Å². The monoisotopic (exact) mass is 269 g/mol. The van der Waals surface area contributed by atoms with Gasteiger partial charge in [-0.3, -0.25) is 0 Å². The topological polar surface area (TPSA) is 41.5 Å². The van der Waals surface area contributed by atoms with Gasteiger partial charge in [0, 0.05) is 12.5 Å². The number of aliphatic hydroxyl groups is 1. The largest absolute Gasteiger partial charge is 0.495 e. The van der Waals surface area contributed by atoms with Gasteiger partial charge in [-0.15, -0.1) is 0 Å². The molecule has 1 saturated heterocycles. The smallest absolute Gasteiger partial charge is 0.137 e. The maximum Gasteiger partial charge on any atom is 0.137 e. The van der Waals surface area contributed by atoms with Crippen molar-refractivity contribution in [3.63, 3.8) is 0 Å². The van der Waals surface area contributed by atoms with E-state index >= 15 is 0 Å². The molecule has 0 bridgehead atoms. The van der Waals surface area contributed by atoms with Crippen LogP contribution in [-0.4, -0.2) is 25.3 Å². The Morgan fingerprint density at radius 3 is 2.83 bits per heavy atom. The van der Waals surface area contributed by atoms with Gasteiger partial charge in [0.15, 0.2) is 0 Å². The molecule has 1 aromatic carbocycles. The van der Waals surface area contributed by atoms with Crippen LogP contribution in [0.25, 0.3) is 0 Å². The number of ether oxygens (including phenoxy) is 1. The average Bonchev–Trinajstić information content (AvgIpc) is 2.39. The van der Waals surface area contributed by atoms with Crippen LogP contribution in [0.1, 0.15) is 25.3 Å². The second kappa shape index (κ2) is 5.47. The van der Waals surface area contributed by atoms with Crippen LogP contribution in [0.2, 0.25) is 5.02 Å². The highest BCUT2D eigenvalue weighted by Crippen LogP contribution is 2.36. The summed E-state index contributed by atoms with van der Waals surface area (Å²) >= 11 is 6.12. The summed E-state index contributed by atoms with van der Waals surface area (Å²) in [6.45, 7) is 3.75. The number of hydrogen-bond acceptors (Lipinski definition) is 3. The Bertz CT molecular complexity index is 414. The molecular formula is C14H20ClNO2. The Morgan fingerprint density at radius 1 is 1.50 bits per heavy atom. The molecule has 0 spiro atoms. The zero-order valence-corrected chi connectivity index (χ0v) is 11.6.